The van der Waals surface area contributed by atoms with Crippen molar-refractivity contribution in [1.82, 2.24) is 0 Å². The third-order valence-corrected chi connectivity index (χ3v) is 5.87. The van der Waals surface area contributed by atoms with Crippen LogP contribution >= 0.6 is 0 Å². The van der Waals surface area contributed by atoms with E-state index in [9.17, 15) is 32.3 Å². The molecule has 8 nitrogen and oxygen atoms in total. The third-order valence-electron chi connectivity index (χ3n) is 5.87. The maximum atomic E-state index is 15.8. The second-order valence-corrected chi connectivity index (χ2v) is 7.97. The molecule has 1 heterocycles. The molecule has 0 N–H and O–H groups in total. The third kappa shape index (κ3) is 3.94. The number of halogens is 4. The number of aldehydes is 1. The molecular formula is C26H12F4N4O4. The number of nitrogens with zero attached hydrogens (tertiary/aromatic N) is 4. The molecule has 3 aromatic rings. The van der Waals surface area contributed by atoms with E-state index in [0.29, 0.717) is 0 Å². The van der Waals surface area contributed by atoms with Crippen LogP contribution in [0.15, 0.2) is 48.5 Å². The number of alkyl halides is 3. The Morgan fingerprint density at radius 2 is 1.42 bits per heavy atom. The molecular weight excluding hydrogens is 508 g/mol. The summed E-state index contributed by atoms with van der Waals surface area (Å²) in [6, 6.07) is 13.4. The summed E-state index contributed by atoms with van der Waals surface area (Å²) < 4.78 is 58.5. The molecule has 0 radical (unpaired) electrons. The average molecular weight is 520 g/mol. The Morgan fingerprint density at radius 3 is 1.89 bits per heavy atom. The van der Waals surface area contributed by atoms with Gasteiger partial charge in [0.25, 0.3) is 17.7 Å². The van der Waals surface area contributed by atoms with Gasteiger partial charge in [-0.2, -0.15) is 23.7 Å². The molecule has 1 aliphatic heterocycles. The van der Waals surface area contributed by atoms with Gasteiger partial charge in [0.2, 0.25) is 0 Å². The molecule has 1 aliphatic rings. The summed E-state index contributed by atoms with van der Waals surface area (Å²) in [7, 11) is 1.09. The van der Waals surface area contributed by atoms with Crippen LogP contribution in [0.25, 0.3) is 0 Å². The van der Waals surface area contributed by atoms with E-state index in [0.717, 1.165) is 24.1 Å². The number of carbonyl (C=O) groups excluding carboxylic acids is 4. The summed E-state index contributed by atoms with van der Waals surface area (Å²) in [4.78, 5) is 52.4. The van der Waals surface area contributed by atoms with Crippen LogP contribution in [0.3, 0.4) is 0 Å². The summed E-state index contributed by atoms with van der Waals surface area (Å²) in [5, 5.41) is 17.9. The van der Waals surface area contributed by atoms with Gasteiger partial charge < -0.3 is 4.90 Å². The predicted octanol–water partition coefficient (Wildman–Crippen LogP) is 4.48. The van der Waals surface area contributed by atoms with Gasteiger partial charge in [0.1, 0.15) is 5.82 Å². The molecule has 188 valence electrons. The maximum absolute atomic E-state index is 15.8. The van der Waals surface area contributed by atoms with E-state index in [1.54, 1.807) is 6.07 Å². The zero-order chi connectivity index (χ0) is 27.9. The van der Waals surface area contributed by atoms with Crippen molar-refractivity contribution in [3.05, 3.63) is 93.3 Å². The van der Waals surface area contributed by atoms with E-state index in [1.807, 2.05) is 6.07 Å². The minimum absolute atomic E-state index is 0.0425. The van der Waals surface area contributed by atoms with Crippen molar-refractivity contribution in [2.24, 2.45) is 0 Å². The molecule has 0 aromatic heterocycles. The molecule has 0 spiro atoms. The van der Waals surface area contributed by atoms with Crippen molar-refractivity contribution >= 4 is 35.4 Å². The SMILES string of the molecule is CN(C(=O)c1c(F)c2c(c(C(F)(F)F)c1C=O)C(=O)N(c1ccc(C#N)cc1)C2=O)c1ccc(C#N)cc1. The van der Waals surface area contributed by atoms with Crippen molar-refractivity contribution in [1.29, 1.82) is 10.5 Å². The number of hydrogen-bond acceptors (Lipinski definition) is 6. The van der Waals surface area contributed by atoms with E-state index in [1.165, 1.54) is 36.4 Å². The van der Waals surface area contributed by atoms with Crippen LogP contribution in [0, 0.1) is 28.5 Å². The summed E-state index contributed by atoms with van der Waals surface area (Å²) in [5.74, 6) is -6.21. The van der Waals surface area contributed by atoms with Crippen LogP contribution < -0.4 is 9.80 Å². The van der Waals surface area contributed by atoms with Gasteiger partial charge in [-0.25, -0.2) is 9.29 Å². The van der Waals surface area contributed by atoms with Crippen LogP contribution in [-0.2, 0) is 6.18 Å². The summed E-state index contributed by atoms with van der Waals surface area (Å²) in [6.45, 7) is 0. The molecule has 3 aromatic carbocycles. The fraction of sp³-hybridized carbons (Fsp3) is 0.0769. The van der Waals surface area contributed by atoms with E-state index < -0.39 is 63.8 Å². The number of benzene rings is 3. The molecule has 0 fully saturated rings. The van der Waals surface area contributed by atoms with Crippen LogP contribution in [0.5, 0.6) is 0 Å². The number of rotatable bonds is 4. The maximum Gasteiger partial charge on any atom is 0.417 e. The van der Waals surface area contributed by atoms with Gasteiger partial charge in [-0.05, 0) is 48.5 Å². The summed E-state index contributed by atoms with van der Waals surface area (Å²) >= 11 is 0. The fourth-order valence-electron chi connectivity index (χ4n) is 4.05. The first-order chi connectivity index (χ1) is 18.0. The number of hydrogen-bond donors (Lipinski definition) is 0. The number of carbonyl (C=O) groups is 4. The molecule has 0 atom stereocenters. The van der Waals surface area contributed by atoms with Crippen LogP contribution in [0.2, 0.25) is 0 Å². The van der Waals surface area contributed by atoms with Gasteiger partial charge in [0, 0.05) is 18.3 Å². The van der Waals surface area contributed by atoms with Crippen molar-refractivity contribution in [2.45, 2.75) is 6.18 Å². The molecule has 0 aliphatic carbocycles. The summed E-state index contributed by atoms with van der Waals surface area (Å²) in [5.41, 5.74) is -7.30. The Hall–Kier alpha value is -5.36. The molecule has 3 amide bonds. The van der Waals surface area contributed by atoms with E-state index in [-0.39, 0.29) is 27.4 Å². The van der Waals surface area contributed by atoms with Crippen LogP contribution in [0.4, 0.5) is 28.9 Å². The number of anilines is 2. The predicted molar refractivity (Wildman–Crippen MR) is 123 cm³/mol. The molecule has 0 unspecified atom stereocenters. The summed E-state index contributed by atoms with van der Waals surface area (Å²) in [6.07, 6.45) is -5.83. The lowest BCUT2D eigenvalue weighted by Crippen LogP contribution is -2.31. The lowest BCUT2D eigenvalue weighted by atomic mass is 9.91. The van der Waals surface area contributed by atoms with Crippen molar-refractivity contribution < 1.29 is 36.7 Å². The Labute approximate surface area is 211 Å². The minimum atomic E-state index is -5.44. The Morgan fingerprint density at radius 1 is 0.921 bits per heavy atom. The molecule has 12 heteroatoms. The first kappa shape index (κ1) is 25.7. The zero-order valence-corrected chi connectivity index (χ0v) is 19.1. The highest BCUT2D eigenvalue weighted by Gasteiger charge is 2.50. The average Bonchev–Trinajstić information content (AvgIpc) is 3.16. The lowest BCUT2D eigenvalue weighted by Gasteiger charge is -2.22. The smallest absolute Gasteiger partial charge is 0.311 e. The van der Waals surface area contributed by atoms with Crippen LogP contribution in [-0.4, -0.2) is 31.1 Å². The van der Waals surface area contributed by atoms with Gasteiger partial charge >= 0.3 is 6.18 Å². The van der Waals surface area contributed by atoms with Crippen LogP contribution in [0.1, 0.15) is 58.1 Å². The van der Waals surface area contributed by atoms with Gasteiger partial charge in [-0.15, -0.1) is 0 Å². The van der Waals surface area contributed by atoms with Crippen molar-refractivity contribution in [3.8, 4) is 12.1 Å². The van der Waals surface area contributed by atoms with E-state index >= 15 is 4.39 Å². The molecule has 0 bridgehead atoms. The molecule has 38 heavy (non-hydrogen) atoms. The van der Waals surface area contributed by atoms with Crippen molar-refractivity contribution in [2.75, 3.05) is 16.8 Å². The topological polar surface area (TPSA) is 122 Å². The highest BCUT2D eigenvalue weighted by atomic mass is 19.4. The Balaban J connectivity index is 1.96. The normalized spacial score (nSPS) is 12.6. The van der Waals surface area contributed by atoms with Crippen molar-refractivity contribution in [3.63, 3.8) is 0 Å². The highest BCUT2D eigenvalue weighted by Crippen LogP contribution is 2.43. The quantitative estimate of drug-likeness (QED) is 0.284. The highest BCUT2D eigenvalue weighted by molar-refractivity contribution is 6.36. The standard InChI is InChI=1S/C26H12F4N4O4/c1-33(15-6-2-13(10-31)3-7-15)23(36)18-17(12-35)21(26(28,29)30)19-20(22(18)27)25(38)34(24(19)37)16-8-4-14(11-32)5-9-16/h2-9,12H,1H3. The lowest BCUT2D eigenvalue weighted by molar-refractivity contribution is -0.138. The monoisotopic (exact) mass is 520 g/mol. The second-order valence-electron chi connectivity index (χ2n) is 7.97. The van der Waals surface area contributed by atoms with Gasteiger partial charge in [-0.1, -0.05) is 0 Å². The largest absolute Gasteiger partial charge is 0.417 e. The van der Waals surface area contributed by atoms with Gasteiger partial charge in [-0.3, -0.25) is 19.2 Å². The minimum Gasteiger partial charge on any atom is -0.311 e. The first-order valence-corrected chi connectivity index (χ1v) is 10.5. The Bertz CT molecular complexity index is 1620. The van der Waals surface area contributed by atoms with Gasteiger partial charge in [0.05, 0.1) is 51.2 Å². The fourth-order valence-corrected chi connectivity index (χ4v) is 4.05. The number of amides is 3. The van der Waals surface area contributed by atoms with Gasteiger partial charge in [0.15, 0.2) is 6.29 Å². The zero-order valence-electron chi connectivity index (χ0n) is 19.1. The molecule has 4 rings (SSSR count). The second kappa shape index (κ2) is 9.26. The first-order valence-electron chi connectivity index (χ1n) is 10.5. The number of imide groups is 1. The Kier molecular flexibility index (Phi) is 6.27. The number of fused-ring (bicyclic) bond motifs is 1. The van der Waals surface area contributed by atoms with E-state index in [2.05, 4.69) is 0 Å². The molecule has 0 saturated carbocycles. The van der Waals surface area contributed by atoms with E-state index in [4.69, 9.17) is 10.5 Å². The molecule has 0 saturated heterocycles. The number of nitriles is 2.